The van der Waals surface area contributed by atoms with Gasteiger partial charge in [0.05, 0.1) is 5.60 Å². The minimum atomic E-state index is -3.77. The average Bonchev–Trinajstić information content (AvgIpc) is 2.69. The first kappa shape index (κ1) is 15.6. The zero-order valence-electron chi connectivity index (χ0n) is 11.4. The standard InChI is InChI=1S/C11H18N2O5S2/c1-8-9(19-10(14)12-8)20(16,17)13(2)7-11(15)3-5-18-6-4-11/h15H,3-7H2,1-2H3,(H,12,14). The maximum atomic E-state index is 12.4. The van der Waals surface area contributed by atoms with Crippen LogP contribution in [0.15, 0.2) is 9.00 Å². The number of likely N-dealkylation sites (N-methyl/N-ethyl adjacent to an activating group) is 1. The van der Waals surface area contributed by atoms with E-state index in [1.165, 1.54) is 7.05 Å². The Hall–Kier alpha value is -0.740. The molecular formula is C11H18N2O5S2. The number of aryl methyl sites for hydroxylation is 1. The third-order valence-corrected chi connectivity index (χ3v) is 6.75. The van der Waals surface area contributed by atoms with Gasteiger partial charge >= 0.3 is 4.87 Å². The number of aromatic nitrogens is 1. The molecule has 7 nitrogen and oxygen atoms in total. The number of aliphatic hydroxyl groups is 1. The van der Waals surface area contributed by atoms with Gasteiger partial charge in [0.15, 0.2) is 4.21 Å². The number of sulfonamides is 1. The number of nitrogens with one attached hydrogen (secondary N) is 1. The summed E-state index contributed by atoms with van der Waals surface area (Å²) in [6.45, 7) is 2.37. The second-order valence-electron chi connectivity index (χ2n) is 5.02. The van der Waals surface area contributed by atoms with Crippen molar-refractivity contribution in [2.75, 3.05) is 26.8 Å². The Labute approximate surface area is 121 Å². The SMILES string of the molecule is Cc1[nH]c(=O)sc1S(=O)(=O)N(C)CC1(O)CCOCC1. The molecule has 1 aromatic heterocycles. The Morgan fingerprint density at radius 2 is 2.05 bits per heavy atom. The molecule has 0 bridgehead atoms. The summed E-state index contributed by atoms with van der Waals surface area (Å²) in [7, 11) is -2.36. The van der Waals surface area contributed by atoms with Crippen molar-refractivity contribution in [3.8, 4) is 0 Å². The van der Waals surface area contributed by atoms with Crippen LogP contribution in [0.25, 0.3) is 0 Å². The second-order valence-corrected chi connectivity index (χ2v) is 8.25. The van der Waals surface area contributed by atoms with Crippen LogP contribution >= 0.6 is 11.3 Å². The molecule has 114 valence electrons. The molecule has 2 heterocycles. The number of nitrogens with zero attached hydrogens (tertiary/aromatic N) is 1. The van der Waals surface area contributed by atoms with Gasteiger partial charge in [-0.05, 0) is 6.92 Å². The van der Waals surface area contributed by atoms with Crippen LogP contribution in [-0.2, 0) is 14.8 Å². The quantitative estimate of drug-likeness (QED) is 0.807. The van der Waals surface area contributed by atoms with Crippen LogP contribution < -0.4 is 4.87 Å². The van der Waals surface area contributed by atoms with Gasteiger partial charge in [-0.15, -0.1) is 0 Å². The molecule has 1 saturated heterocycles. The van der Waals surface area contributed by atoms with Crippen molar-refractivity contribution in [3.05, 3.63) is 15.4 Å². The number of rotatable bonds is 4. The molecule has 2 rings (SSSR count). The zero-order valence-corrected chi connectivity index (χ0v) is 13.0. The van der Waals surface area contributed by atoms with E-state index in [9.17, 15) is 18.3 Å². The van der Waals surface area contributed by atoms with E-state index in [-0.39, 0.29) is 10.8 Å². The van der Waals surface area contributed by atoms with E-state index in [2.05, 4.69) is 4.98 Å². The lowest BCUT2D eigenvalue weighted by atomic mass is 9.95. The molecule has 0 aromatic carbocycles. The molecule has 0 unspecified atom stereocenters. The lowest BCUT2D eigenvalue weighted by Crippen LogP contribution is -2.47. The van der Waals surface area contributed by atoms with Crippen molar-refractivity contribution in [1.29, 1.82) is 0 Å². The lowest BCUT2D eigenvalue weighted by molar-refractivity contribution is -0.0689. The molecule has 2 N–H and O–H groups in total. The van der Waals surface area contributed by atoms with E-state index in [0.29, 0.717) is 43.1 Å². The van der Waals surface area contributed by atoms with Crippen LogP contribution in [0.5, 0.6) is 0 Å². The van der Waals surface area contributed by atoms with Gasteiger partial charge in [-0.1, -0.05) is 11.3 Å². The summed E-state index contributed by atoms with van der Waals surface area (Å²) in [5.41, 5.74) is -0.749. The Morgan fingerprint density at radius 3 is 2.55 bits per heavy atom. The van der Waals surface area contributed by atoms with Crippen molar-refractivity contribution in [1.82, 2.24) is 9.29 Å². The fourth-order valence-corrected chi connectivity index (χ4v) is 4.92. The van der Waals surface area contributed by atoms with E-state index < -0.39 is 20.5 Å². The molecule has 1 aliphatic rings. The molecule has 9 heteroatoms. The second kappa shape index (κ2) is 5.57. The summed E-state index contributed by atoms with van der Waals surface area (Å²) in [5, 5.41) is 10.4. The number of thiazole rings is 1. The largest absolute Gasteiger partial charge is 0.388 e. The normalized spacial score (nSPS) is 19.4. The van der Waals surface area contributed by atoms with Crippen molar-refractivity contribution >= 4 is 21.4 Å². The van der Waals surface area contributed by atoms with E-state index >= 15 is 0 Å². The first-order valence-electron chi connectivity index (χ1n) is 6.21. The van der Waals surface area contributed by atoms with Gasteiger partial charge in [0.2, 0.25) is 0 Å². The molecule has 0 atom stereocenters. The third kappa shape index (κ3) is 3.12. The molecule has 0 amide bonds. The highest BCUT2D eigenvalue weighted by Gasteiger charge is 2.36. The van der Waals surface area contributed by atoms with Crippen molar-refractivity contribution in [3.63, 3.8) is 0 Å². The van der Waals surface area contributed by atoms with Crippen molar-refractivity contribution < 1.29 is 18.3 Å². The number of hydrogen-bond donors (Lipinski definition) is 2. The van der Waals surface area contributed by atoms with Crippen LogP contribution in [-0.4, -0.2) is 55.2 Å². The topological polar surface area (TPSA) is 99.7 Å². The Bertz CT molecular complexity index is 627. The first-order chi connectivity index (χ1) is 9.24. The van der Waals surface area contributed by atoms with E-state index in [0.717, 1.165) is 4.31 Å². The molecule has 1 fully saturated rings. The maximum Gasteiger partial charge on any atom is 0.305 e. The van der Waals surface area contributed by atoms with Crippen LogP contribution in [0.4, 0.5) is 0 Å². The smallest absolute Gasteiger partial charge is 0.305 e. The van der Waals surface area contributed by atoms with Gasteiger partial charge in [0.25, 0.3) is 10.0 Å². The predicted molar refractivity (Wildman–Crippen MR) is 74.5 cm³/mol. The molecule has 0 spiro atoms. The molecule has 0 aliphatic carbocycles. The number of ether oxygens (including phenoxy) is 1. The van der Waals surface area contributed by atoms with Gasteiger partial charge in [0, 0.05) is 45.3 Å². The van der Waals surface area contributed by atoms with Crippen molar-refractivity contribution in [2.24, 2.45) is 0 Å². The lowest BCUT2D eigenvalue weighted by Gasteiger charge is -2.34. The molecule has 0 radical (unpaired) electrons. The summed E-state index contributed by atoms with van der Waals surface area (Å²) < 4.78 is 31.1. The summed E-state index contributed by atoms with van der Waals surface area (Å²) in [6.07, 6.45) is 0.796. The van der Waals surface area contributed by atoms with Crippen molar-refractivity contribution in [2.45, 2.75) is 29.6 Å². The van der Waals surface area contributed by atoms with Gasteiger partial charge in [-0.2, -0.15) is 4.31 Å². The Kier molecular flexibility index (Phi) is 4.35. The van der Waals surface area contributed by atoms with E-state index in [1.807, 2.05) is 0 Å². The molecule has 20 heavy (non-hydrogen) atoms. The Morgan fingerprint density at radius 1 is 1.45 bits per heavy atom. The first-order valence-corrected chi connectivity index (χ1v) is 8.46. The van der Waals surface area contributed by atoms with E-state index in [4.69, 9.17) is 4.74 Å². The van der Waals surface area contributed by atoms with Gasteiger partial charge in [-0.3, -0.25) is 4.79 Å². The minimum Gasteiger partial charge on any atom is -0.388 e. The fourth-order valence-electron chi connectivity index (χ4n) is 2.19. The van der Waals surface area contributed by atoms with Crippen LogP contribution in [0.2, 0.25) is 0 Å². The Balaban J connectivity index is 2.21. The monoisotopic (exact) mass is 322 g/mol. The average molecular weight is 322 g/mol. The van der Waals surface area contributed by atoms with Gasteiger partial charge in [-0.25, -0.2) is 8.42 Å². The third-order valence-electron chi connectivity index (χ3n) is 3.37. The molecule has 0 saturated carbocycles. The summed E-state index contributed by atoms with van der Waals surface area (Å²) >= 11 is 0.664. The summed E-state index contributed by atoms with van der Waals surface area (Å²) in [6, 6.07) is 0. The molecular weight excluding hydrogens is 304 g/mol. The van der Waals surface area contributed by atoms with Crippen LogP contribution in [0.1, 0.15) is 18.5 Å². The van der Waals surface area contributed by atoms with Crippen LogP contribution in [0.3, 0.4) is 0 Å². The van der Waals surface area contributed by atoms with Crippen LogP contribution in [0, 0.1) is 6.92 Å². The molecule has 1 aromatic rings. The minimum absolute atomic E-state index is 0.000611. The summed E-state index contributed by atoms with van der Waals surface area (Å²) in [4.78, 5) is 13.3. The molecule has 1 aliphatic heterocycles. The zero-order chi connectivity index (χ0) is 15.0. The van der Waals surface area contributed by atoms with Gasteiger partial charge < -0.3 is 14.8 Å². The number of hydrogen-bond acceptors (Lipinski definition) is 6. The van der Waals surface area contributed by atoms with Gasteiger partial charge in [0.1, 0.15) is 0 Å². The number of H-pyrrole nitrogens is 1. The number of aromatic amines is 1. The van der Waals surface area contributed by atoms with E-state index in [1.54, 1.807) is 6.92 Å². The maximum absolute atomic E-state index is 12.4. The highest BCUT2D eigenvalue weighted by molar-refractivity contribution is 7.91. The fraction of sp³-hybridized carbons (Fsp3) is 0.727. The highest BCUT2D eigenvalue weighted by Crippen LogP contribution is 2.26. The summed E-state index contributed by atoms with van der Waals surface area (Å²) in [5.74, 6) is 0. The predicted octanol–water partition coefficient (Wildman–Crippen LogP) is -0.0932. The highest BCUT2D eigenvalue weighted by atomic mass is 32.2.